The smallest absolute Gasteiger partial charge is 0.261 e. The van der Waals surface area contributed by atoms with Gasteiger partial charge < -0.3 is 10.6 Å². The van der Waals surface area contributed by atoms with Crippen molar-refractivity contribution in [3.63, 3.8) is 0 Å². The van der Waals surface area contributed by atoms with Gasteiger partial charge in [0, 0.05) is 18.8 Å². The lowest BCUT2D eigenvalue weighted by Crippen LogP contribution is -2.37. The highest BCUT2D eigenvalue weighted by Crippen LogP contribution is 2.24. The van der Waals surface area contributed by atoms with Crippen molar-refractivity contribution in [2.24, 2.45) is 5.92 Å². The zero-order valence-corrected chi connectivity index (χ0v) is 17.2. The Balaban J connectivity index is 1.55. The fourth-order valence-corrected chi connectivity index (χ4v) is 5.05. The second kappa shape index (κ2) is 8.85. The van der Waals surface area contributed by atoms with Gasteiger partial charge in [0.1, 0.15) is 0 Å². The maximum absolute atomic E-state index is 12.7. The summed E-state index contributed by atoms with van der Waals surface area (Å²) in [5.41, 5.74) is 0.474. The summed E-state index contributed by atoms with van der Waals surface area (Å²) in [4.78, 5) is 24.6. The zero-order valence-electron chi connectivity index (χ0n) is 15.6. The first-order valence-electron chi connectivity index (χ1n) is 9.08. The summed E-state index contributed by atoms with van der Waals surface area (Å²) in [7, 11) is -3.51. The predicted molar refractivity (Wildman–Crippen MR) is 109 cm³/mol. The lowest BCUT2D eigenvalue weighted by Gasteiger charge is -2.29. The minimum Gasteiger partial charge on any atom is -0.342 e. The molecule has 1 aliphatic heterocycles. The third-order valence-corrected chi connectivity index (χ3v) is 7.45. The molecule has 1 saturated heterocycles. The van der Waals surface area contributed by atoms with Crippen LogP contribution >= 0.6 is 11.3 Å². The number of sulfonamides is 1. The number of piperidine rings is 1. The van der Waals surface area contributed by atoms with Gasteiger partial charge in [-0.3, -0.25) is 9.59 Å². The van der Waals surface area contributed by atoms with Gasteiger partial charge in [0.05, 0.1) is 16.3 Å². The Hall–Kier alpha value is -2.23. The lowest BCUT2D eigenvalue weighted by atomic mass is 10.0. The van der Waals surface area contributed by atoms with E-state index < -0.39 is 10.0 Å². The van der Waals surface area contributed by atoms with E-state index in [1.54, 1.807) is 29.6 Å². The molecule has 1 aromatic carbocycles. The molecule has 0 spiro atoms. The van der Waals surface area contributed by atoms with Crippen molar-refractivity contribution < 1.29 is 18.0 Å². The molecule has 1 aromatic heterocycles. The Labute approximate surface area is 168 Å². The molecule has 3 rings (SSSR count). The monoisotopic (exact) mass is 421 g/mol. The molecule has 0 unspecified atom stereocenters. The average molecular weight is 422 g/mol. The maximum atomic E-state index is 12.7. The minimum atomic E-state index is -3.51. The molecule has 9 heteroatoms. The predicted octanol–water partition coefficient (Wildman–Crippen LogP) is 2.54. The van der Waals surface area contributed by atoms with Gasteiger partial charge in [-0.05, 0) is 54.5 Å². The Morgan fingerprint density at radius 1 is 1.14 bits per heavy atom. The van der Waals surface area contributed by atoms with Crippen LogP contribution in [0.2, 0.25) is 0 Å². The first-order valence-corrected chi connectivity index (χ1v) is 11.4. The van der Waals surface area contributed by atoms with Gasteiger partial charge in [0.25, 0.3) is 5.91 Å². The van der Waals surface area contributed by atoms with Gasteiger partial charge in [-0.25, -0.2) is 8.42 Å². The molecule has 28 heavy (non-hydrogen) atoms. The number of thiophene rings is 1. The molecular weight excluding hydrogens is 398 g/mol. The van der Waals surface area contributed by atoms with Crippen LogP contribution in [0.25, 0.3) is 0 Å². The zero-order chi connectivity index (χ0) is 20.1. The minimum absolute atomic E-state index is 0.164. The summed E-state index contributed by atoms with van der Waals surface area (Å²) in [6.45, 7) is 3.03. The molecule has 2 N–H and O–H groups in total. The summed E-state index contributed by atoms with van der Waals surface area (Å²) < 4.78 is 26.9. The van der Waals surface area contributed by atoms with Crippen molar-refractivity contribution in [3.8, 4) is 0 Å². The van der Waals surface area contributed by atoms with Crippen LogP contribution in [0.15, 0.2) is 46.7 Å². The summed E-state index contributed by atoms with van der Waals surface area (Å²) in [5.74, 6) is -0.141. The topological polar surface area (TPSA) is 95.6 Å². The molecule has 0 radical (unpaired) electrons. The van der Waals surface area contributed by atoms with Crippen molar-refractivity contribution in [3.05, 3.63) is 46.7 Å². The van der Waals surface area contributed by atoms with Crippen LogP contribution in [-0.4, -0.2) is 44.2 Å². The van der Waals surface area contributed by atoms with E-state index in [0.717, 1.165) is 12.8 Å². The van der Waals surface area contributed by atoms with Crippen molar-refractivity contribution in [2.45, 2.75) is 24.7 Å². The summed E-state index contributed by atoms with van der Waals surface area (Å²) >= 11 is 1.30. The fourth-order valence-electron chi connectivity index (χ4n) is 2.95. The Bertz CT molecular complexity index is 917. The lowest BCUT2D eigenvalue weighted by molar-refractivity contribution is -0.115. The number of anilines is 1. The third kappa shape index (κ3) is 4.98. The van der Waals surface area contributed by atoms with E-state index in [1.807, 2.05) is 0 Å². The van der Waals surface area contributed by atoms with E-state index in [4.69, 9.17) is 0 Å². The fraction of sp³-hybridized carbons (Fsp3) is 0.368. The van der Waals surface area contributed by atoms with Crippen LogP contribution in [0, 0.1) is 5.92 Å². The number of nitrogens with one attached hydrogen (secondary N) is 2. The SMILES string of the molecule is CC1CCN(S(=O)(=O)c2ccc(NC(=O)CNC(=O)c3cccs3)cc2)CC1. The van der Waals surface area contributed by atoms with Gasteiger partial charge >= 0.3 is 0 Å². The maximum Gasteiger partial charge on any atom is 0.261 e. The van der Waals surface area contributed by atoms with Crippen LogP contribution in [0.3, 0.4) is 0 Å². The molecule has 1 fully saturated rings. The molecule has 2 heterocycles. The van der Waals surface area contributed by atoms with Crippen molar-refractivity contribution in [1.29, 1.82) is 0 Å². The second-order valence-corrected chi connectivity index (χ2v) is 9.70. The van der Waals surface area contributed by atoms with E-state index in [9.17, 15) is 18.0 Å². The van der Waals surface area contributed by atoms with Crippen molar-refractivity contribution in [1.82, 2.24) is 9.62 Å². The van der Waals surface area contributed by atoms with Gasteiger partial charge in [-0.1, -0.05) is 13.0 Å². The van der Waals surface area contributed by atoms with Crippen LogP contribution in [0.5, 0.6) is 0 Å². The Morgan fingerprint density at radius 2 is 1.82 bits per heavy atom. The molecule has 1 aliphatic rings. The average Bonchev–Trinajstić information content (AvgIpc) is 3.22. The van der Waals surface area contributed by atoms with Crippen molar-refractivity contribution in [2.75, 3.05) is 25.0 Å². The van der Waals surface area contributed by atoms with Crippen LogP contribution in [0.4, 0.5) is 5.69 Å². The Morgan fingerprint density at radius 3 is 2.43 bits per heavy atom. The number of benzene rings is 1. The number of carbonyl (C=O) groups is 2. The number of hydrogen-bond donors (Lipinski definition) is 2. The first-order chi connectivity index (χ1) is 13.4. The van der Waals surface area contributed by atoms with Gasteiger partial charge in [-0.2, -0.15) is 4.31 Å². The normalized spacial score (nSPS) is 15.9. The van der Waals surface area contributed by atoms with Crippen LogP contribution in [0.1, 0.15) is 29.4 Å². The van der Waals surface area contributed by atoms with Crippen molar-refractivity contribution >= 4 is 38.9 Å². The quantitative estimate of drug-likeness (QED) is 0.749. The summed E-state index contributed by atoms with van der Waals surface area (Å²) in [6.07, 6.45) is 1.73. The van der Waals surface area contributed by atoms with E-state index in [2.05, 4.69) is 17.6 Å². The molecule has 0 aliphatic carbocycles. The van der Waals surface area contributed by atoms with Crippen LogP contribution < -0.4 is 10.6 Å². The molecule has 0 bridgehead atoms. The summed E-state index contributed by atoms with van der Waals surface area (Å²) in [6, 6.07) is 9.54. The molecule has 150 valence electrons. The van der Waals surface area contributed by atoms with E-state index in [-0.39, 0.29) is 23.3 Å². The van der Waals surface area contributed by atoms with E-state index >= 15 is 0 Å². The molecular formula is C19H23N3O4S2. The van der Waals surface area contributed by atoms with E-state index in [1.165, 1.54) is 27.8 Å². The third-order valence-electron chi connectivity index (χ3n) is 4.67. The highest BCUT2D eigenvalue weighted by molar-refractivity contribution is 7.89. The standard InChI is InChI=1S/C19H23N3O4S2/c1-14-8-10-22(11-9-14)28(25,26)16-6-4-15(5-7-16)21-18(23)13-20-19(24)17-3-2-12-27-17/h2-7,12,14H,8-11,13H2,1H3,(H,20,24)(H,21,23). The number of nitrogens with zero attached hydrogens (tertiary/aromatic N) is 1. The first kappa shape index (κ1) is 20.5. The van der Waals surface area contributed by atoms with Gasteiger partial charge in [0.2, 0.25) is 15.9 Å². The number of hydrogen-bond acceptors (Lipinski definition) is 5. The molecule has 7 nitrogen and oxygen atoms in total. The Kier molecular flexibility index (Phi) is 6.48. The highest BCUT2D eigenvalue weighted by atomic mass is 32.2. The molecule has 0 saturated carbocycles. The number of carbonyl (C=O) groups excluding carboxylic acids is 2. The van der Waals surface area contributed by atoms with Gasteiger partial charge in [0.15, 0.2) is 0 Å². The highest BCUT2D eigenvalue weighted by Gasteiger charge is 2.27. The molecule has 2 amide bonds. The summed E-state index contributed by atoms with van der Waals surface area (Å²) in [5, 5.41) is 6.98. The van der Waals surface area contributed by atoms with E-state index in [0.29, 0.717) is 29.6 Å². The second-order valence-electron chi connectivity index (χ2n) is 6.82. The van der Waals surface area contributed by atoms with Crippen LogP contribution in [-0.2, 0) is 14.8 Å². The van der Waals surface area contributed by atoms with Gasteiger partial charge in [-0.15, -0.1) is 11.3 Å². The number of rotatable bonds is 6. The molecule has 2 aromatic rings. The molecule has 0 atom stereocenters. The number of amides is 2. The largest absolute Gasteiger partial charge is 0.342 e.